The third-order valence-corrected chi connectivity index (χ3v) is 4.05. The molecule has 0 N–H and O–H groups in total. The molecule has 0 amide bonds. The van der Waals surface area contributed by atoms with Crippen molar-refractivity contribution < 1.29 is 0 Å². The molecule has 19 heavy (non-hydrogen) atoms. The van der Waals surface area contributed by atoms with Gasteiger partial charge in [0, 0.05) is 5.39 Å². The molecule has 2 aromatic rings. The third-order valence-electron chi connectivity index (χ3n) is 3.45. The minimum Gasteiger partial charge on any atom is -0.223 e. The lowest BCUT2D eigenvalue weighted by Gasteiger charge is -2.09. The highest BCUT2D eigenvalue weighted by Gasteiger charge is 2.10. The Morgan fingerprint density at radius 1 is 0.895 bits per heavy atom. The average Bonchev–Trinajstić information content (AvgIpc) is 2.42. The Morgan fingerprint density at radius 2 is 1.58 bits per heavy atom. The monoisotopic (exact) mass is 295 g/mol. The topological polar surface area (TPSA) is 12.9 Å². The van der Waals surface area contributed by atoms with Gasteiger partial charge in [-0.2, -0.15) is 0 Å². The van der Waals surface area contributed by atoms with Crippen molar-refractivity contribution in [2.24, 2.45) is 0 Å². The predicted octanol–water partition coefficient (Wildman–Crippen LogP) is 6.05. The second-order valence-electron chi connectivity index (χ2n) is 4.88. The van der Waals surface area contributed by atoms with Crippen molar-refractivity contribution in [3.63, 3.8) is 0 Å². The Labute approximate surface area is 124 Å². The van der Waals surface area contributed by atoms with Gasteiger partial charge in [-0.25, -0.2) is 4.98 Å². The number of halogens is 2. The number of nitrogens with zero attached hydrogens (tertiary/aromatic N) is 1. The van der Waals surface area contributed by atoms with Crippen molar-refractivity contribution >= 4 is 34.0 Å². The summed E-state index contributed by atoms with van der Waals surface area (Å²) in [5, 5.41) is 3.19. The van der Waals surface area contributed by atoms with E-state index in [1.807, 2.05) is 18.2 Å². The molecular weight excluding hydrogens is 277 g/mol. The van der Waals surface area contributed by atoms with Crippen LogP contribution in [0.1, 0.15) is 44.6 Å². The quantitative estimate of drug-likeness (QED) is 0.466. The zero-order valence-electron chi connectivity index (χ0n) is 11.3. The predicted molar refractivity (Wildman–Crippen MR) is 84.2 cm³/mol. The highest BCUT2D eigenvalue weighted by molar-refractivity contribution is 6.37. The van der Waals surface area contributed by atoms with Crippen molar-refractivity contribution in [1.29, 1.82) is 0 Å². The van der Waals surface area contributed by atoms with Crippen LogP contribution in [0, 0.1) is 0 Å². The summed E-state index contributed by atoms with van der Waals surface area (Å²) >= 11 is 12.4. The summed E-state index contributed by atoms with van der Waals surface area (Å²) in [6.07, 6.45) is 7.27. The van der Waals surface area contributed by atoms with Crippen molar-refractivity contribution in [3.05, 3.63) is 40.1 Å². The Kier molecular flexibility index (Phi) is 5.47. The van der Waals surface area contributed by atoms with Crippen LogP contribution < -0.4 is 0 Å². The molecule has 1 aromatic heterocycles. The number of unbranched alkanes of at least 4 members (excludes halogenated alkanes) is 4. The molecule has 3 heteroatoms. The van der Waals surface area contributed by atoms with Crippen LogP contribution in [0.3, 0.4) is 0 Å². The standard InChI is InChI=1S/C16H19Cl2N/c1-2-3-4-5-6-10-13-12-9-7-8-11-14(12)16(18)19-15(13)17/h7-9,11H,2-6,10H2,1H3. The molecule has 2 rings (SSSR count). The van der Waals surface area contributed by atoms with E-state index in [9.17, 15) is 0 Å². The maximum atomic E-state index is 6.25. The van der Waals surface area contributed by atoms with Crippen LogP contribution in [-0.2, 0) is 6.42 Å². The zero-order chi connectivity index (χ0) is 13.7. The maximum Gasteiger partial charge on any atom is 0.138 e. The Hall–Kier alpha value is -0.790. The second kappa shape index (κ2) is 7.12. The van der Waals surface area contributed by atoms with E-state index in [-0.39, 0.29) is 0 Å². The van der Waals surface area contributed by atoms with Gasteiger partial charge in [0.25, 0.3) is 0 Å². The van der Waals surface area contributed by atoms with Crippen LogP contribution in [-0.4, -0.2) is 4.98 Å². The van der Waals surface area contributed by atoms with Gasteiger partial charge in [0.1, 0.15) is 10.3 Å². The molecule has 0 aliphatic heterocycles. The van der Waals surface area contributed by atoms with Crippen LogP contribution >= 0.6 is 23.2 Å². The van der Waals surface area contributed by atoms with E-state index < -0.39 is 0 Å². The Balaban J connectivity index is 2.18. The van der Waals surface area contributed by atoms with Crippen LogP contribution in [0.2, 0.25) is 10.3 Å². The third kappa shape index (κ3) is 3.61. The zero-order valence-corrected chi connectivity index (χ0v) is 12.8. The number of hydrogen-bond acceptors (Lipinski definition) is 1. The van der Waals surface area contributed by atoms with E-state index >= 15 is 0 Å². The average molecular weight is 296 g/mol. The highest BCUT2D eigenvalue weighted by Crippen LogP contribution is 2.30. The van der Waals surface area contributed by atoms with Gasteiger partial charge in [-0.1, -0.05) is 80.1 Å². The van der Waals surface area contributed by atoms with E-state index in [2.05, 4.69) is 18.0 Å². The van der Waals surface area contributed by atoms with Crippen molar-refractivity contribution in [1.82, 2.24) is 4.98 Å². The minimum atomic E-state index is 0.496. The summed E-state index contributed by atoms with van der Waals surface area (Å²) in [5.74, 6) is 0. The van der Waals surface area contributed by atoms with Crippen LogP contribution in [0.15, 0.2) is 24.3 Å². The molecule has 0 aliphatic carbocycles. The van der Waals surface area contributed by atoms with Gasteiger partial charge in [0.15, 0.2) is 0 Å². The molecule has 0 atom stereocenters. The van der Waals surface area contributed by atoms with Gasteiger partial charge in [-0.15, -0.1) is 0 Å². The lowest BCUT2D eigenvalue weighted by atomic mass is 10.0. The summed E-state index contributed by atoms with van der Waals surface area (Å²) < 4.78 is 0. The van der Waals surface area contributed by atoms with Crippen LogP contribution in [0.5, 0.6) is 0 Å². The molecule has 0 bridgehead atoms. The summed E-state index contributed by atoms with van der Waals surface area (Å²) in [7, 11) is 0. The lowest BCUT2D eigenvalue weighted by molar-refractivity contribution is 0.633. The Bertz CT molecular complexity index is 552. The molecule has 1 aromatic carbocycles. The summed E-state index contributed by atoms with van der Waals surface area (Å²) in [6, 6.07) is 8.09. The number of aromatic nitrogens is 1. The molecule has 0 unspecified atom stereocenters. The van der Waals surface area contributed by atoms with E-state index in [4.69, 9.17) is 23.2 Å². The lowest BCUT2D eigenvalue weighted by Crippen LogP contribution is -1.94. The van der Waals surface area contributed by atoms with Gasteiger partial charge >= 0.3 is 0 Å². The SMILES string of the molecule is CCCCCCCc1c(Cl)nc(Cl)c2ccccc12. The van der Waals surface area contributed by atoms with Crippen LogP contribution in [0.25, 0.3) is 10.8 Å². The molecule has 0 saturated heterocycles. The largest absolute Gasteiger partial charge is 0.223 e. The minimum absolute atomic E-state index is 0.496. The summed E-state index contributed by atoms with van der Waals surface area (Å²) in [5.41, 5.74) is 1.14. The molecule has 0 spiro atoms. The van der Waals surface area contributed by atoms with Crippen molar-refractivity contribution in [2.45, 2.75) is 45.4 Å². The second-order valence-corrected chi connectivity index (χ2v) is 5.60. The fourth-order valence-corrected chi connectivity index (χ4v) is 2.97. The van der Waals surface area contributed by atoms with Gasteiger partial charge in [0.2, 0.25) is 0 Å². The smallest absolute Gasteiger partial charge is 0.138 e. The fourth-order valence-electron chi connectivity index (χ4n) is 2.39. The summed E-state index contributed by atoms with van der Waals surface area (Å²) in [6.45, 7) is 2.23. The number of aryl methyl sites for hydroxylation is 1. The van der Waals surface area contributed by atoms with Gasteiger partial charge in [-0.3, -0.25) is 0 Å². The molecule has 1 nitrogen and oxygen atoms in total. The number of hydrogen-bond donors (Lipinski definition) is 0. The molecule has 0 fully saturated rings. The van der Waals surface area contributed by atoms with Crippen molar-refractivity contribution in [3.8, 4) is 0 Å². The van der Waals surface area contributed by atoms with E-state index in [1.165, 1.54) is 25.7 Å². The Morgan fingerprint density at radius 3 is 2.32 bits per heavy atom. The molecule has 1 heterocycles. The van der Waals surface area contributed by atoms with Gasteiger partial charge < -0.3 is 0 Å². The molecule has 0 aliphatic rings. The van der Waals surface area contributed by atoms with Gasteiger partial charge in [0.05, 0.1) is 0 Å². The number of rotatable bonds is 6. The van der Waals surface area contributed by atoms with Crippen LogP contribution in [0.4, 0.5) is 0 Å². The number of fused-ring (bicyclic) bond motifs is 1. The first-order valence-corrected chi connectivity index (χ1v) is 7.72. The molecule has 0 radical (unpaired) electrons. The highest BCUT2D eigenvalue weighted by atomic mass is 35.5. The first kappa shape index (κ1) is 14.6. The number of pyridine rings is 1. The van der Waals surface area contributed by atoms with Crippen molar-refractivity contribution in [2.75, 3.05) is 0 Å². The number of benzene rings is 1. The van der Waals surface area contributed by atoms with E-state index in [0.717, 1.165) is 29.2 Å². The normalized spacial score (nSPS) is 11.1. The fraction of sp³-hybridized carbons (Fsp3) is 0.438. The first-order chi connectivity index (χ1) is 9.24. The maximum absolute atomic E-state index is 6.25. The van der Waals surface area contributed by atoms with Gasteiger partial charge in [-0.05, 0) is 23.8 Å². The van der Waals surface area contributed by atoms with E-state index in [0.29, 0.717) is 10.3 Å². The molecular formula is C16H19Cl2N. The molecule has 102 valence electrons. The van der Waals surface area contributed by atoms with E-state index in [1.54, 1.807) is 0 Å². The summed E-state index contributed by atoms with van der Waals surface area (Å²) in [4.78, 5) is 4.25. The first-order valence-electron chi connectivity index (χ1n) is 6.96. The molecule has 0 saturated carbocycles.